The van der Waals surface area contributed by atoms with Crippen molar-refractivity contribution in [2.24, 2.45) is 0 Å². The van der Waals surface area contributed by atoms with E-state index in [2.05, 4.69) is 41.7 Å². The number of hydrogen-bond donors (Lipinski definition) is 1. The van der Waals surface area contributed by atoms with Gasteiger partial charge in [-0.25, -0.2) is 4.98 Å². The Morgan fingerprint density at radius 2 is 2.10 bits per heavy atom. The van der Waals surface area contributed by atoms with Crippen LogP contribution in [0.4, 0.5) is 0 Å². The summed E-state index contributed by atoms with van der Waals surface area (Å²) in [4.78, 5) is 4.45. The summed E-state index contributed by atoms with van der Waals surface area (Å²) in [5, 5.41) is 4.24. The first kappa shape index (κ1) is 15.1. The molecule has 20 heavy (non-hydrogen) atoms. The zero-order valence-electron chi connectivity index (χ0n) is 12.4. The van der Waals surface area contributed by atoms with Crippen LogP contribution < -0.4 is 5.32 Å². The largest absolute Gasteiger partial charge is 0.335 e. The molecule has 0 bridgehead atoms. The highest BCUT2D eigenvalue weighted by molar-refractivity contribution is 6.30. The van der Waals surface area contributed by atoms with Crippen molar-refractivity contribution in [2.75, 3.05) is 0 Å². The van der Waals surface area contributed by atoms with Crippen molar-refractivity contribution < 1.29 is 0 Å². The van der Waals surface area contributed by atoms with Crippen molar-refractivity contribution in [2.45, 2.75) is 46.3 Å². The van der Waals surface area contributed by atoms with Crippen LogP contribution in [0.3, 0.4) is 0 Å². The summed E-state index contributed by atoms with van der Waals surface area (Å²) in [5.41, 5.74) is 2.53. The molecule has 0 radical (unpaired) electrons. The van der Waals surface area contributed by atoms with Crippen molar-refractivity contribution in [3.8, 4) is 0 Å². The molecule has 0 aliphatic rings. The Balaban J connectivity index is 2.22. The average molecular weight is 292 g/mol. The van der Waals surface area contributed by atoms with Gasteiger partial charge in [0.1, 0.15) is 5.82 Å². The summed E-state index contributed by atoms with van der Waals surface area (Å²) in [5.74, 6) is 1.10. The molecule has 0 aliphatic carbocycles. The molecule has 0 saturated carbocycles. The van der Waals surface area contributed by atoms with Gasteiger partial charge in [-0.15, -0.1) is 0 Å². The maximum absolute atomic E-state index is 6.12. The second-order valence-corrected chi connectivity index (χ2v) is 5.69. The number of rotatable bonds is 6. The Bertz CT molecular complexity index is 561. The predicted octanol–water partition coefficient (Wildman–Crippen LogP) is 3.65. The fourth-order valence-electron chi connectivity index (χ4n) is 2.21. The lowest BCUT2D eigenvalue weighted by atomic mass is 10.0. The first-order valence-corrected chi connectivity index (χ1v) is 7.48. The summed E-state index contributed by atoms with van der Waals surface area (Å²) in [7, 11) is 0. The van der Waals surface area contributed by atoms with Crippen LogP contribution >= 0.6 is 11.6 Å². The van der Waals surface area contributed by atoms with E-state index < -0.39 is 0 Å². The predicted molar refractivity (Wildman–Crippen MR) is 84.1 cm³/mol. The molecule has 3 nitrogen and oxygen atoms in total. The SMILES string of the molecule is CCn1ccnc1Cc1ccc(Cl)cc1CNC(C)C. The molecule has 4 heteroatoms. The van der Waals surface area contributed by atoms with Crippen LogP contribution in [0.2, 0.25) is 5.02 Å². The minimum atomic E-state index is 0.458. The monoisotopic (exact) mass is 291 g/mol. The topological polar surface area (TPSA) is 29.9 Å². The van der Waals surface area contributed by atoms with Gasteiger partial charge in [0.25, 0.3) is 0 Å². The zero-order valence-corrected chi connectivity index (χ0v) is 13.1. The molecular formula is C16H22ClN3. The molecule has 1 N–H and O–H groups in total. The van der Waals surface area contributed by atoms with E-state index in [0.717, 1.165) is 30.4 Å². The fourth-order valence-corrected chi connectivity index (χ4v) is 2.41. The van der Waals surface area contributed by atoms with E-state index in [9.17, 15) is 0 Å². The molecule has 1 aromatic heterocycles. The summed E-state index contributed by atoms with van der Waals surface area (Å²) in [6, 6.07) is 6.56. The van der Waals surface area contributed by atoms with Gasteiger partial charge in [-0.2, -0.15) is 0 Å². The maximum atomic E-state index is 6.12. The number of aromatic nitrogens is 2. The first-order valence-electron chi connectivity index (χ1n) is 7.10. The highest BCUT2D eigenvalue weighted by Gasteiger charge is 2.08. The fraction of sp³-hybridized carbons (Fsp3) is 0.438. The van der Waals surface area contributed by atoms with E-state index in [1.54, 1.807) is 0 Å². The third-order valence-electron chi connectivity index (χ3n) is 3.36. The highest BCUT2D eigenvalue weighted by Crippen LogP contribution is 2.19. The van der Waals surface area contributed by atoms with Crippen molar-refractivity contribution >= 4 is 11.6 Å². The van der Waals surface area contributed by atoms with E-state index in [0.29, 0.717) is 6.04 Å². The van der Waals surface area contributed by atoms with Crippen LogP contribution in [0.1, 0.15) is 37.7 Å². The molecule has 1 heterocycles. The van der Waals surface area contributed by atoms with E-state index in [-0.39, 0.29) is 0 Å². The summed E-state index contributed by atoms with van der Waals surface area (Å²) in [6.07, 6.45) is 4.73. The number of halogens is 1. The Hall–Kier alpha value is -1.32. The first-order chi connectivity index (χ1) is 9.60. The molecule has 2 aromatic rings. The van der Waals surface area contributed by atoms with Crippen LogP contribution in [0.25, 0.3) is 0 Å². The van der Waals surface area contributed by atoms with Gasteiger partial charge >= 0.3 is 0 Å². The molecular weight excluding hydrogens is 270 g/mol. The molecule has 108 valence electrons. The third-order valence-corrected chi connectivity index (χ3v) is 3.60. The zero-order chi connectivity index (χ0) is 14.5. The molecule has 0 spiro atoms. The Morgan fingerprint density at radius 3 is 2.80 bits per heavy atom. The van der Waals surface area contributed by atoms with Gasteiger partial charge in [-0.1, -0.05) is 31.5 Å². The molecule has 0 unspecified atom stereocenters. The van der Waals surface area contributed by atoms with Gasteiger partial charge < -0.3 is 9.88 Å². The van der Waals surface area contributed by atoms with Gasteiger partial charge in [-0.3, -0.25) is 0 Å². The number of benzene rings is 1. The summed E-state index contributed by atoms with van der Waals surface area (Å²) >= 11 is 6.12. The number of hydrogen-bond acceptors (Lipinski definition) is 2. The van der Waals surface area contributed by atoms with Crippen LogP contribution in [-0.4, -0.2) is 15.6 Å². The molecule has 0 amide bonds. The normalized spacial score (nSPS) is 11.2. The molecule has 1 aromatic carbocycles. The molecule has 0 fully saturated rings. The number of aryl methyl sites for hydroxylation is 1. The second kappa shape index (κ2) is 6.91. The van der Waals surface area contributed by atoms with Crippen LogP contribution in [0.5, 0.6) is 0 Å². The smallest absolute Gasteiger partial charge is 0.113 e. The van der Waals surface area contributed by atoms with E-state index in [4.69, 9.17) is 11.6 Å². The lowest BCUT2D eigenvalue weighted by molar-refractivity contribution is 0.586. The van der Waals surface area contributed by atoms with Gasteiger partial charge in [0.15, 0.2) is 0 Å². The van der Waals surface area contributed by atoms with Crippen LogP contribution in [0.15, 0.2) is 30.6 Å². The number of nitrogens with zero attached hydrogens (tertiary/aromatic N) is 2. The molecule has 0 aliphatic heterocycles. The lowest BCUT2D eigenvalue weighted by Crippen LogP contribution is -2.22. The number of nitrogens with one attached hydrogen (secondary N) is 1. The van der Waals surface area contributed by atoms with Gasteiger partial charge in [0.2, 0.25) is 0 Å². The average Bonchev–Trinajstić information content (AvgIpc) is 2.86. The Morgan fingerprint density at radius 1 is 1.30 bits per heavy atom. The Kier molecular flexibility index (Phi) is 5.21. The quantitative estimate of drug-likeness (QED) is 0.880. The van der Waals surface area contributed by atoms with Gasteiger partial charge in [0, 0.05) is 43.0 Å². The van der Waals surface area contributed by atoms with Crippen molar-refractivity contribution in [3.63, 3.8) is 0 Å². The van der Waals surface area contributed by atoms with Crippen molar-refractivity contribution in [1.82, 2.24) is 14.9 Å². The van der Waals surface area contributed by atoms with Crippen LogP contribution in [0, 0.1) is 0 Å². The highest BCUT2D eigenvalue weighted by atomic mass is 35.5. The van der Waals surface area contributed by atoms with Crippen molar-refractivity contribution in [1.29, 1.82) is 0 Å². The second-order valence-electron chi connectivity index (χ2n) is 5.25. The van der Waals surface area contributed by atoms with Gasteiger partial charge in [0.05, 0.1) is 0 Å². The number of imidazole rings is 1. The molecule has 2 rings (SSSR count). The lowest BCUT2D eigenvalue weighted by Gasteiger charge is -2.13. The minimum Gasteiger partial charge on any atom is -0.335 e. The third kappa shape index (κ3) is 3.84. The standard InChI is InChI=1S/C16H22ClN3/c1-4-20-8-7-18-16(20)10-13-5-6-15(17)9-14(13)11-19-12(2)3/h5-9,12,19H,4,10-11H2,1-3H3. The Labute approximate surface area is 126 Å². The van der Waals surface area contributed by atoms with Crippen LogP contribution in [-0.2, 0) is 19.5 Å². The summed E-state index contributed by atoms with van der Waals surface area (Å²) < 4.78 is 2.17. The molecule has 0 atom stereocenters. The minimum absolute atomic E-state index is 0.458. The molecule has 0 saturated heterocycles. The maximum Gasteiger partial charge on any atom is 0.113 e. The van der Waals surface area contributed by atoms with E-state index in [1.807, 2.05) is 24.5 Å². The van der Waals surface area contributed by atoms with E-state index >= 15 is 0 Å². The van der Waals surface area contributed by atoms with Gasteiger partial charge in [-0.05, 0) is 30.2 Å². The van der Waals surface area contributed by atoms with Crippen molar-refractivity contribution in [3.05, 3.63) is 52.6 Å². The summed E-state index contributed by atoms with van der Waals surface area (Å²) in [6.45, 7) is 8.21. The van der Waals surface area contributed by atoms with E-state index in [1.165, 1.54) is 11.1 Å².